The van der Waals surface area contributed by atoms with E-state index >= 15 is 0 Å². The third-order valence-corrected chi connectivity index (χ3v) is 4.15. The van der Waals surface area contributed by atoms with E-state index in [4.69, 9.17) is 5.26 Å². The van der Waals surface area contributed by atoms with Crippen LogP contribution < -0.4 is 5.32 Å². The van der Waals surface area contributed by atoms with Gasteiger partial charge in [0.15, 0.2) is 0 Å². The van der Waals surface area contributed by atoms with E-state index in [1.165, 1.54) is 11.3 Å². The first-order valence-corrected chi connectivity index (χ1v) is 7.05. The molecular weight excluding hydrogens is 300 g/mol. The van der Waals surface area contributed by atoms with Crippen LogP contribution in [0.15, 0.2) is 10.5 Å². The van der Waals surface area contributed by atoms with Crippen molar-refractivity contribution >= 4 is 38.2 Å². The Balaban J connectivity index is 2.65. The summed E-state index contributed by atoms with van der Waals surface area (Å²) in [5.74, 6) is 0.499. The van der Waals surface area contributed by atoms with Crippen LogP contribution in [0.2, 0.25) is 0 Å². The number of nitrogens with zero attached hydrogens (tertiary/aromatic N) is 1. The van der Waals surface area contributed by atoms with Gasteiger partial charge >= 0.3 is 0 Å². The fraction of sp³-hybridized carbons (Fsp3) is 0.500. The summed E-state index contributed by atoms with van der Waals surface area (Å²) in [6.07, 6.45) is 0.865. The highest BCUT2D eigenvalue weighted by molar-refractivity contribution is 9.10. The van der Waals surface area contributed by atoms with Crippen molar-refractivity contribution in [3.63, 3.8) is 0 Å². The summed E-state index contributed by atoms with van der Waals surface area (Å²) in [6, 6.07) is 3.84. The molecule has 0 fully saturated rings. The van der Waals surface area contributed by atoms with Gasteiger partial charge in [0.1, 0.15) is 10.9 Å². The van der Waals surface area contributed by atoms with E-state index in [-0.39, 0.29) is 11.8 Å². The number of carbonyl (C=O) groups is 1. The van der Waals surface area contributed by atoms with E-state index in [0.717, 1.165) is 10.9 Å². The lowest BCUT2D eigenvalue weighted by Crippen LogP contribution is -2.21. The van der Waals surface area contributed by atoms with Crippen molar-refractivity contribution in [1.29, 1.82) is 5.26 Å². The van der Waals surface area contributed by atoms with Gasteiger partial charge in [-0.15, -0.1) is 11.3 Å². The number of nitriles is 1. The fourth-order valence-electron chi connectivity index (χ4n) is 1.57. The zero-order chi connectivity index (χ0) is 13.0. The molecule has 0 radical (unpaired) electrons. The lowest BCUT2D eigenvalue weighted by atomic mass is 9.98. The van der Waals surface area contributed by atoms with Gasteiger partial charge in [0.2, 0.25) is 5.91 Å². The highest BCUT2D eigenvalue weighted by Gasteiger charge is 2.16. The highest BCUT2D eigenvalue weighted by Crippen LogP contribution is 2.31. The summed E-state index contributed by atoms with van der Waals surface area (Å²) in [6.45, 7) is 6.11. The molecule has 1 atom stereocenters. The number of hydrogen-bond donors (Lipinski definition) is 1. The normalized spacial score (nSPS) is 12.2. The van der Waals surface area contributed by atoms with E-state index in [2.05, 4.69) is 41.2 Å². The molecule has 17 heavy (non-hydrogen) atoms. The Hall–Kier alpha value is -0.860. The predicted molar refractivity (Wildman–Crippen MR) is 74.0 cm³/mol. The first-order chi connectivity index (χ1) is 7.93. The van der Waals surface area contributed by atoms with Gasteiger partial charge < -0.3 is 5.32 Å². The van der Waals surface area contributed by atoms with Gasteiger partial charge in [0.25, 0.3) is 0 Å². The Labute approximate surface area is 114 Å². The van der Waals surface area contributed by atoms with E-state index in [1.807, 2.05) is 6.92 Å². The molecule has 1 rings (SSSR count). The molecule has 1 amide bonds. The molecule has 0 saturated heterocycles. The third-order valence-electron chi connectivity index (χ3n) is 2.31. The molecule has 92 valence electrons. The third kappa shape index (κ3) is 4.14. The maximum absolute atomic E-state index is 11.9. The molecule has 1 aromatic heterocycles. The van der Waals surface area contributed by atoms with Gasteiger partial charge in [-0.1, -0.05) is 20.8 Å². The Kier molecular flexibility index (Phi) is 5.16. The van der Waals surface area contributed by atoms with E-state index in [1.54, 1.807) is 6.07 Å². The van der Waals surface area contributed by atoms with Crippen LogP contribution in [0.4, 0.5) is 5.00 Å². The number of hydrogen-bond acceptors (Lipinski definition) is 3. The quantitative estimate of drug-likeness (QED) is 0.913. The van der Waals surface area contributed by atoms with Crippen LogP contribution in [0.5, 0.6) is 0 Å². The van der Waals surface area contributed by atoms with Crippen LogP contribution in [0.3, 0.4) is 0 Å². The topological polar surface area (TPSA) is 52.9 Å². The first kappa shape index (κ1) is 14.2. The molecule has 1 heterocycles. The van der Waals surface area contributed by atoms with Crippen molar-refractivity contribution in [3.05, 3.63) is 15.4 Å². The highest BCUT2D eigenvalue weighted by atomic mass is 79.9. The molecule has 1 aromatic rings. The summed E-state index contributed by atoms with van der Waals surface area (Å²) >= 11 is 4.57. The second-order valence-corrected chi connectivity index (χ2v) is 6.33. The maximum Gasteiger partial charge on any atom is 0.227 e. The monoisotopic (exact) mass is 314 g/mol. The van der Waals surface area contributed by atoms with Gasteiger partial charge in [0, 0.05) is 10.4 Å². The Morgan fingerprint density at radius 3 is 2.71 bits per heavy atom. The second kappa shape index (κ2) is 6.18. The molecule has 3 nitrogen and oxygen atoms in total. The average Bonchev–Trinajstić information content (AvgIpc) is 2.57. The minimum absolute atomic E-state index is 0.0111. The molecule has 0 aliphatic heterocycles. The molecular formula is C12H15BrN2OS. The van der Waals surface area contributed by atoms with Crippen molar-refractivity contribution in [2.24, 2.45) is 11.8 Å². The van der Waals surface area contributed by atoms with Gasteiger partial charge in [-0.2, -0.15) is 5.26 Å². The zero-order valence-corrected chi connectivity index (χ0v) is 12.5. The smallest absolute Gasteiger partial charge is 0.227 e. The summed E-state index contributed by atoms with van der Waals surface area (Å²) in [5, 5.41) is 12.4. The van der Waals surface area contributed by atoms with E-state index < -0.39 is 0 Å². The summed E-state index contributed by atoms with van der Waals surface area (Å²) < 4.78 is 0.733. The molecule has 5 heteroatoms. The van der Waals surface area contributed by atoms with E-state index in [0.29, 0.717) is 15.8 Å². The number of halogens is 1. The van der Waals surface area contributed by atoms with E-state index in [9.17, 15) is 4.79 Å². The number of thiophene rings is 1. The number of nitrogens with one attached hydrogen (secondary N) is 1. The van der Waals surface area contributed by atoms with Gasteiger partial charge in [-0.05, 0) is 34.3 Å². The number of carbonyl (C=O) groups excluding carboxylic acids is 1. The first-order valence-electron chi connectivity index (χ1n) is 5.44. The number of rotatable bonds is 4. The standard InChI is InChI=1S/C12H15BrN2OS/c1-7(2)4-8(3)12(16)15-11-5-9(13)10(6-14)17-11/h5,7-8H,4H2,1-3H3,(H,15,16). The lowest BCUT2D eigenvalue weighted by Gasteiger charge is -2.12. The SMILES string of the molecule is CC(C)CC(C)C(=O)Nc1cc(Br)c(C#N)s1. The molecule has 1 unspecified atom stereocenters. The van der Waals surface area contributed by atoms with Crippen LogP contribution in [-0.4, -0.2) is 5.91 Å². The molecule has 0 bridgehead atoms. The zero-order valence-electron chi connectivity index (χ0n) is 10.1. The Morgan fingerprint density at radius 2 is 2.24 bits per heavy atom. The number of anilines is 1. The van der Waals surface area contributed by atoms with Crippen molar-refractivity contribution in [2.45, 2.75) is 27.2 Å². The molecule has 1 N–H and O–H groups in total. The van der Waals surface area contributed by atoms with Gasteiger partial charge in [-0.3, -0.25) is 4.79 Å². The molecule has 0 aromatic carbocycles. The average molecular weight is 315 g/mol. The minimum Gasteiger partial charge on any atom is -0.317 e. The second-order valence-electron chi connectivity index (χ2n) is 4.42. The van der Waals surface area contributed by atoms with Crippen LogP contribution in [-0.2, 0) is 4.79 Å². The summed E-state index contributed by atoms with van der Waals surface area (Å²) in [5.41, 5.74) is 0. The Morgan fingerprint density at radius 1 is 1.59 bits per heavy atom. The van der Waals surface area contributed by atoms with Crippen molar-refractivity contribution < 1.29 is 4.79 Å². The molecule has 0 spiro atoms. The van der Waals surface area contributed by atoms with Crippen LogP contribution in [0, 0.1) is 23.2 Å². The molecule has 0 aliphatic carbocycles. The largest absolute Gasteiger partial charge is 0.317 e. The number of amides is 1. The van der Waals surface area contributed by atoms with Crippen molar-refractivity contribution in [2.75, 3.05) is 5.32 Å². The maximum atomic E-state index is 11.9. The van der Waals surface area contributed by atoms with Gasteiger partial charge in [-0.25, -0.2) is 0 Å². The molecule has 0 aliphatic rings. The minimum atomic E-state index is -0.0126. The lowest BCUT2D eigenvalue weighted by molar-refractivity contribution is -0.119. The summed E-state index contributed by atoms with van der Waals surface area (Å²) in [7, 11) is 0. The van der Waals surface area contributed by atoms with Gasteiger partial charge in [0.05, 0.1) is 5.00 Å². The van der Waals surface area contributed by atoms with Crippen LogP contribution in [0.1, 0.15) is 32.1 Å². The summed E-state index contributed by atoms with van der Waals surface area (Å²) in [4.78, 5) is 12.4. The Bertz CT molecular complexity index is 448. The van der Waals surface area contributed by atoms with Crippen molar-refractivity contribution in [3.8, 4) is 6.07 Å². The van der Waals surface area contributed by atoms with Crippen LogP contribution >= 0.6 is 27.3 Å². The molecule has 0 saturated carbocycles. The van der Waals surface area contributed by atoms with Crippen LogP contribution in [0.25, 0.3) is 0 Å². The van der Waals surface area contributed by atoms with Crippen molar-refractivity contribution in [1.82, 2.24) is 0 Å². The predicted octanol–water partition coefficient (Wildman–Crippen LogP) is 4.00. The fourth-order valence-corrected chi connectivity index (χ4v) is 3.03.